The zero-order valence-corrected chi connectivity index (χ0v) is 18.8. The average molecular weight is 400 g/mol. The SMILES string of the molecule is CC(C)=CCC/C(C)=C\C[P+](c1ccccc1)(c1ccccc1)c1ccccc1. The van der Waals surface area contributed by atoms with Gasteiger partial charge >= 0.3 is 0 Å². The Kier molecular flexibility index (Phi) is 7.62. The zero-order chi connectivity index (χ0) is 20.5. The number of allylic oxidation sites excluding steroid dienone is 4. The third-order valence-corrected chi connectivity index (χ3v) is 9.67. The van der Waals surface area contributed by atoms with Crippen molar-refractivity contribution in [2.24, 2.45) is 0 Å². The van der Waals surface area contributed by atoms with E-state index in [4.69, 9.17) is 0 Å². The molecule has 0 spiro atoms. The van der Waals surface area contributed by atoms with Gasteiger partial charge in [-0.15, -0.1) is 0 Å². The maximum absolute atomic E-state index is 2.50. The van der Waals surface area contributed by atoms with Crippen LogP contribution in [0.25, 0.3) is 0 Å². The zero-order valence-electron chi connectivity index (χ0n) is 17.9. The van der Waals surface area contributed by atoms with Crippen molar-refractivity contribution in [1.82, 2.24) is 0 Å². The third kappa shape index (κ3) is 5.34. The Morgan fingerprint density at radius 3 is 1.41 bits per heavy atom. The second kappa shape index (κ2) is 10.4. The minimum Gasteiger partial charge on any atom is -0.0856 e. The molecule has 0 heterocycles. The predicted octanol–water partition coefficient (Wildman–Crippen LogP) is 6.67. The van der Waals surface area contributed by atoms with Crippen molar-refractivity contribution in [3.05, 3.63) is 114 Å². The van der Waals surface area contributed by atoms with Gasteiger partial charge in [0.2, 0.25) is 0 Å². The Morgan fingerprint density at radius 1 is 0.621 bits per heavy atom. The fourth-order valence-electron chi connectivity index (χ4n) is 3.79. The second-order valence-electron chi connectivity index (χ2n) is 7.87. The Morgan fingerprint density at radius 2 is 1.03 bits per heavy atom. The first-order valence-corrected chi connectivity index (χ1v) is 12.4. The van der Waals surface area contributed by atoms with Gasteiger partial charge in [0, 0.05) is 0 Å². The Hall–Kier alpha value is -2.43. The number of hydrogen-bond donors (Lipinski definition) is 0. The van der Waals surface area contributed by atoms with Gasteiger partial charge < -0.3 is 0 Å². The molecule has 3 aromatic carbocycles. The molecule has 148 valence electrons. The highest BCUT2D eigenvalue weighted by Gasteiger charge is 2.44. The number of hydrogen-bond acceptors (Lipinski definition) is 0. The summed E-state index contributed by atoms with van der Waals surface area (Å²) in [5.74, 6) is 0. The highest BCUT2D eigenvalue weighted by Crippen LogP contribution is 2.55. The van der Waals surface area contributed by atoms with E-state index >= 15 is 0 Å². The molecule has 3 rings (SSSR count). The van der Waals surface area contributed by atoms with Gasteiger partial charge in [0.1, 0.15) is 23.2 Å². The van der Waals surface area contributed by atoms with E-state index in [0.717, 1.165) is 19.0 Å². The number of rotatable bonds is 8. The van der Waals surface area contributed by atoms with Gasteiger partial charge in [0.05, 0.1) is 6.16 Å². The van der Waals surface area contributed by atoms with Crippen molar-refractivity contribution < 1.29 is 0 Å². The molecule has 0 fully saturated rings. The molecule has 0 saturated heterocycles. The molecule has 0 aromatic heterocycles. The lowest BCUT2D eigenvalue weighted by molar-refractivity contribution is 0.964. The smallest absolute Gasteiger partial charge is 0.0856 e. The van der Waals surface area contributed by atoms with Crippen molar-refractivity contribution in [1.29, 1.82) is 0 Å². The van der Waals surface area contributed by atoms with Gasteiger partial charge in [0.15, 0.2) is 0 Å². The lowest BCUT2D eigenvalue weighted by Gasteiger charge is -2.27. The first-order chi connectivity index (χ1) is 14.1. The summed E-state index contributed by atoms with van der Waals surface area (Å²) in [6, 6.07) is 33.4. The van der Waals surface area contributed by atoms with E-state index in [1.807, 2.05) is 0 Å². The molecule has 0 amide bonds. The summed E-state index contributed by atoms with van der Waals surface area (Å²) >= 11 is 0. The summed E-state index contributed by atoms with van der Waals surface area (Å²) in [5.41, 5.74) is 2.88. The Bertz CT molecular complexity index is 837. The van der Waals surface area contributed by atoms with Crippen LogP contribution < -0.4 is 15.9 Å². The molecule has 0 aliphatic rings. The molecule has 0 saturated carbocycles. The first kappa shape index (κ1) is 21.3. The molecular formula is C28H32P+. The highest BCUT2D eigenvalue weighted by molar-refractivity contribution is 7.95. The molecule has 0 unspecified atom stereocenters. The van der Waals surface area contributed by atoms with E-state index in [9.17, 15) is 0 Å². The summed E-state index contributed by atoms with van der Waals surface area (Å²) in [5, 5.41) is 4.35. The van der Waals surface area contributed by atoms with Crippen LogP contribution in [0.5, 0.6) is 0 Å². The molecular weight excluding hydrogens is 367 g/mol. The molecule has 1 heteroatoms. The predicted molar refractivity (Wildman–Crippen MR) is 132 cm³/mol. The average Bonchev–Trinajstić information content (AvgIpc) is 2.76. The molecule has 29 heavy (non-hydrogen) atoms. The fraction of sp³-hybridized carbons (Fsp3) is 0.214. The molecule has 0 atom stereocenters. The van der Waals surface area contributed by atoms with Crippen LogP contribution in [-0.4, -0.2) is 6.16 Å². The molecule has 3 aromatic rings. The highest BCUT2D eigenvalue weighted by atomic mass is 31.2. The molecule has 0 aliphatic carbocycles. The summed E-state index contributed by atoms with van der Waals surface area (Å²) in [6.45, 7) is 6.64. The van der Waals surface area contributed by atoms with E-state index in [0.29, 0.717) is 0 Å². The normalized spacial score (nSPS) is 11.9. The van der Waals surface area contributed by atoms with Gasteiger partial charge in [-0.2, -0.15) is 0 Å². The van der Waals surface area contributed by atoms with Crippen LogP contribution in [0.4, 0.5) is 0 Å². The van der Waals surface area contributed by atoms with Crippen LogP contribution in [0.3, 0.4) is 0 Å². The largest absolute Gasteiger partial charge is 0.115 e. The van der Waals surface area contributed by atoms with E-state index in [1.54, 1.807) is 0 Å². The minimum absolute atomic E-state index is 1.06. The quantitative estimate of drug-likeness (QED) is 0.293. The molecule has 0 N–H and O–H groups in total. The van der Waals surface area contributed by atoms with Gasteiger partial charge in [-0.05, 0) is 76.1 Å². The maximum Gasteiger partial charge on any atom is 0.115 e. The van der Waals surface area contributed by atoms with Crippen LogP contribution in [-0.2, 0) is 0 Å². The Labute approximate surface area is 177 Å². The van der Waals surface area contributed by atoms with Gasteiger partial charge in [-0.1, -0.05) is 71.8 Å². The van der Waals surface area contributed by atoms with Gasteiger partial charge in [-0.25, -0.2) is 0 Å². The Balaban J connectivity index is 2.09. The van der Waals surface area contributed by atoms with E-state index < -0.39 is 7.26 Å². The van der Waals surface area contributed by atoms with Crippen molar-refractivity contribution >= 4 is 23.2 Å². The van der Waals surface area contributed by atoms with Gasteiger partial charge in [0.25, 0.3) is 0 Å². The van der Waals surface area contributed by atoms with Crippen molar-refractivity contribution in [2.75, 3.05) is 6.16 Å². The van der Waals surface area contributed by atoms with Crippen molar-refractivity contribution in [2.45, 2.75) is 33.6 Å². The third-order valence-electron chi connectivity index (χ3n) is 5.40. The van der Waals surface area contributed by atoms with E-state index in [-0.39, 0.29) is 0 Å². The summed E-state index contributed by atoms with van der Waals surface area (Å²) in [6.07, 6.45) is 8.15. The summed E-state index contributed by atoms with van der Waals surface area (Å²) < 4.78 is 0. The lowest BCUT2D eigenvalue weighted by atomic mass is 10.1. The van der Waals surface area contributed by atoms with Crippen molar-refractivity contribution in [3.8, 4) is 0 Å². The summed E-state index contributed by atoms with van der Waals surface area (Å²) in [4.78, 5) is 0. The first-order valence-electron chi connectivity index (χ1n) is 10.5. The van der Waals surface area contributed by atoms with E-state index in [2.05, 4.69) is 124 Å². The number of benzene rings is 3. The van der Waals surface area contributed by atoms with Crippen LogP contribution in [0.1, 0.15) is 33.6 Å². The maximum atomic E-state index is 2.50. The van der Waals surface area contributed by atoms with E-state index in [1.165, 1.54) is 27.1 Å². The van der Waals surface area contributed by atoms with Gasteiger partial charge in [-0.3, -0.25) is 0 Å². The molecule has 0 nitrogen and oxygen atoms in total. The van der Waals surface area contributed by atoms with Crippen molar-refractivity contribution in [3.63, 3.8) is 0 Å². The fourth-order valence-corrected chi connectivity index (χ4v) is 7.95. The lowest BCUT2D eigenvalue weighted by Crippen LogP contribution is -2.33. The molecule has 0 aliphatic heterocycles. The second-order valence-corrected chi connectivity index (χ2v) is 11.4. The topological polar surface area (TPSA) is 0 Å². The standard InChI is InChI=1S/C28H32P/c1-24(2)14-13-15-25(3)22-23-29(26-16-7-4-8-17-26,27-18-9-5-10-19-27)28-20-11-6-12-21-28/h4-12,14,16-22H,13,15,23H2,1-3H3/q+1/b25-22-. The van der Waals surface area contributed by atoms with Crippen LogP contribution in [0, 0.1) is 0 Å². The monoisotopic (exact) mass is 399 g/mol. The van der Waals surface area contributed by atoms with Crippen LogP contribution in [0.15, 0.2) is 114 Å². The van der Waals surface area contributed by atoms with Crippen LogP contribution in [0.2, 0.25) is 0 Å². The summed E-state index contributed by atoms with van der Waals surface area (Å²) in [7, 11) is -1.75. The molecule has 0 radical (unpaired) electrons. The molecule has 0 bridgehead atoms. The van der Waals surface area contributed by atoms with Crippen LogP contribution >= 0.6 is 7.26 Å². The minimum atomic E-state index is -1.75.